The van der Waals surface area contributed by atoms with E-state index < -0.39 is 21.3 Å². The molecular weight excluding hydrogens is 402 g/mol. The Morgan fingerprint density at radius 2 is 1.63 bits per heavy atom. The van der Waals surface area contributed by atoms with Crippen molar-refractivity contribution in [1.29, 1.82) is 0 Å². The summed E-state index contributed by atoms with van der Waals surface area (Å²) >= 11 is 0. The largest absolute Gasteiger partial charge is 0.493 e. The van der Waals surface area contributed by atoms with Crippen molar-refractivity contribution in [2.75, 3.05) is 14.2 Å². The molecule has 6 nitrogen and oxygen atoms in total. The van der Waals surface area contributed by atoms with Crippen LogP contribution in [0.1, 0.15) is 24.8 Å². The van der Waals surface area contributed by atoms with Gasteiger partial charge in [0.05, 0.1) is 24.5 Å². The number of carbonyl (C=O) groups excluding carboxylic acids is 1. The van der Waals surface area contributed by atoms with Gasteiger partial charge in [0.2, 0.25) is 5.91 Å². The van der Waals surface area contributed by atoms with Gasteiger partial charge in [0.1, 0.15) is 0 Å². The molecule has 156 valence electrons. The van der Waals surface area contributed by atoms with Gasteiger partial charge in [0.15, 0.2) is 11.5 Å². The summed E-state index contributed by atoms with van der Waals surface area (Å²) in [5.41, 5.74) is -0.186. The highest BCUT2D eigenvalue weighted by Gasteiger charge is 2.47. The zero-order valence-corrected chi connectivity index (χ0v) is 17.7. The Morgan fingerprint density at radius 3 is 2.30 bits per heavy atom. The monoisotopic (exact) mass is 425 g/mol. The van der Waals surface area contributed by atoms with Gasteiger partial charge < -0.3 is 9.47 Å². The van der Waals surface area contributed by atoms with Crippen LogP contribution in [-0.2, 0) is 20.2 Å². The van der Waals surface area contributed by atoms with E-state index >= 15 is 0 Å². The van der Waals surface area contributed by atoms with Crippen molar-refractivity contribution in [2.45, 2.75) is 29.6 Å². The second kappa shape index (κ2) is 7.65. The first-order valence-electron chi connectivity index (χ1n) is 9.69. The SMILES string of the molecule is COc1ccc(C2(C(=O)NS(=O)(=O)c3cccc4ccccc34)CCC2)cc1OC. The Bertz CT molecular complexity index is 1210. The number of methoxy groups -OCH3 is 2. The van der Waals surface area contributed by atoms with E-state index in [0.717, 1.165) is 17.4 Å². The minimum absolute atomic E-state index is 0.0933. The smallest absolute Gasteiger partial charge is 0.264 e. The molecule has 0 aliphatic heterocycles. The van der Waals surface area contributed by atoms with E-state index in [1.807, 2.05) is 18.2 Å². The molecule has 0 saturated heterocycles. The van der Waals surface area contributed by atoms with Gasteiger partial charge in [-0.1, -0.05) is 48.9 Å². The molecular formula is C23H23NO5S. The van der Waals surface area contributed by atoms with E-state index in [0.29, 0.717) is 29.7 Å². The van der Waals surface area contributed by atoms with E-state index in [-0.39, 0.29) is 4.90 Å². The van der Waals surface area contributed by atoms with E-state index in [4.69, 9.17) is 9.47 Å². The Labute approximate surface area is 175 Å². The Kier molecular flexibility index (Phi) is 5.15. The van der Waals surface area contributed by atoms with Gasteiger partial charge in [-0.3, -0.25) is 4.79 Å². The number of amides is 1. The van der Waals surface area contributed by atoms with Crippen LogP contribution in [0.5, 0.6) is 11.5 Å². The maximum atomic E-state index is 13.3. The van der Waals surface area contributed by atoms with Gasteiger partial charge in [-0.05, 0) is 42.0 Å². The first-order valence-corrected chi connectivity index (χ1v) is 11.2. The highest BCUT2D eigenvalue weighted by molar-refractivity contribution is 7.90. The zero-order chi connectivity index (χ0) is 21.4. The van der Waals surface area contributed by atoms with Crippen molar-refractivity contribution in [3.63, 3.8) is 0 Å². The maximum Gasteiger partial charge on any atom is 0.264 e. The van der Waals surface area contributed by atoms with Gasteiger partial charge in [0, 0.05) is 5.39 Å². The Morgan fingerprint density at radius 1 is 0.933 bits per heavy atom. The second-order valence-corrected chi connectivity index (χ2v) is 9.07. The molecule has 3 aromatic carbocycles. The molecule has 4 rings (SSSR count). The predicted octanol–water partition coefficient (Wildman–Crippen LogP) is 3.78. The second-order valence-electron chi connectivity index (χ2n) is 7.42. The van der Waals surface area contributed by atoms with E-state index in [9.17, 15) is 13.2 Å². The van der Waals surface area contributed by atoms with Crippen LogP contribution in [-0.4, -0.2) is 28.5 Å². The molecule has 0 spiro atoms. The third kappa shape index (κ3) is 3.29. The summed E-state index contributed by atoms with van der Waals surface area (Å²) < 4.78 is 39.2. The minimum Gasteiger partial charge on any atom is -0.493 e. The molecule has 0 heterocycles. The lowest BCUT2D eigenvalue weighted by Crippen LogP contribution is -2.50. The van der Waals surface area contributed by atoms with Crippen LogP contribution in [0.2, 0.25) is 0 Å². The molecule has 1 fully saturated rings. The molecule has 1 aliphatic carbocycles. The van der Waals surface area contributed by atoms with E-state index in [1.165, 1.54) is 13.2 Å². The molecule has 0 aromatic heterocycles. The lowest BCUT2D eigenvalue weighted by Gasteiger charge is -2.40. The molecule has 30 heavy (non-hydrogen) atoms. The van der Waals surface area contributed by atoms with Crippen molar-refractivity contribution >= 4 is 26.7 Å². The van der Waals surface area contributed by atoms with Crippen molar-refractivity contribution in [3.8, 4) is 11.5 Å². The standard InChI is InChI=1S/C23H23NO5S/c1-28-19-12-11-17(15-20(19)29-2)23(13-6-14-23)22(25)24-30(26,27)21-10-5-8-16-7-3-4-9-18(16)21/h3-5,7-12,15H,6,13-14H2,1-2H3,(H,24,25). The summed E-state index contributed by atoms with van der Waals surface area (Å²) in [6.07, 6.45) is 1.98. The van der Waals surface area contributed by atoms with Crippen LogP contribution >= 0.6 is 0 Å². The van der Waals surface area contributed by atoms with Crippen molar-refractivity contribution in [1.82, 2.24) is 4.72 Å². The molecule has 1 N–H and O–H groups in total. The molecule has 0 radical (unpaired) electrons. The summed E-state index contributed by atoms with van der Waals surface area (Å²) in [6, 6.07) is 17.5. The number of fused-ring (bicyclic) bond motifs is 1. The van der Waals surface area contributed by atoms with Gasteiger partial charge in [-0.2, -0.15) is 0 Å². The number of hydrogen-bond donors (Lipinski definition) is 1. The summed E-state index contributed by atoms with van der Waals surface area (Å²) in [6.45, 7) is 0. The normalized spacial score (nSPS) is 15.3. The molecule has 0 bridgehead atoms. The zero-order valence-electron chi connectivity index (χ0n) is 16.8. The highest BCUT2D eigenvalue weighted by atomic mass is 32.2. The summed E-state index contributed by atoms with van der Waals surface area (Å²) in [4.78, 5) is 13.4. The Balaban J connectivity index is 1.69. The average Bonchev–Trinajstić information content (AvgIpc) is 2.72. The van der Waals surface area contributed by atoms with E-state index in [2.05, 4.69) is 4.72 Å². The fourth-order valence-corrected chi connectivity index (χ4v) is 5.30. The predicted molar refractivity (Wildman–Crippen MR) is 114 cm³/mol. The molecule has 7 heteroatoms. The Hall–Kier alpha value is -3.06. The fourth-order valence-electron chi connectivity index (χ4n) is 4.02. The lowest BCUT2D eigenvalue weighted by atomic mass is 9.64. The quantitative estimate of drug-likeness (QED) is 0.650. The lowest BCUT2D eigenvalue weighted by molar-refractivity contribution is -0.128. The third-order valence-corrected chi connectivity index (χ3v) is 7.23. The van der Waals surface area contributed by atoms with Crippen LogP contribution < -0.4 is 14.2 Å². The molecule has 1 amide bonds. The molecule has 3 aromatic rings. The molecule has 0 unspecified atom stereocenters. The minimum atomic E-state index is -4.04. The summed E-state index contributed by atoms with van der Waals surface area (Å²) in [7, 11) is -0.968. The van der Waals surface area contributed by atoms with Gasteiger partial charge >= 0.3 is 0 Å². The van der Waals surface area contributed by atoms with Gasteiger partial charge in [0.25, 0.3) is 10.0 Å². The molecule has 0 atom stereocenters. The number of rotatable bonds is 6. The first kappa shape index (κ1) is 20.2. The van der Waals surface area contributed by atoms with Crippen molar-refractivity contribution < 1.29 is 22.7 Å². The molecule has 1 aliphatic rings. The van der Waals surface area contributed by atoms with Crippen LogP contribution in [0, 0.1) is 0 Å². The van der Waals surface area contributed by atoms with Crippen molar-refractivity contribution in [3.05, 3.63) is 66.2 Å². The maximum absolute atomic E-state index is 13.3. The highest BCUT2D eigenvalue weighted by Crippen LogP contribution is 2.46. The number of ether oxygens (including phenoxy) is 2. The number of nitrogens with one attached hydrogen (secondary N) is 1. The average molecular weight is 426 g/mol. The number of benzene rings is 3. The fraction of sp³-hybridized carbons (Fsp3) is 0.261. The summed E-state index contributed by atoms with van der Waals surface area (Å²) in [5, 5.41) is 1.38. The number of hydrogen-bond acceptors (Lipinski definition) is 5. The number of sulfonamides is 1. The number of carbonyl (C=O) groups is 1. The summed E-state index contributed by atoms with van der Waals surface area (Å²) in [5.74, 6) is 0.541. The third-order valence-electron chi connectivity index (χ3n) is 5.84. The molecule has 1 saturated carbocycles. The first-order chi connectivity index (χ1) is 14.4. The van der Waals surface area contributed by atoms with E-state index in [1.54, 1.807) is 43.5 Å². The van der Waals surface area contributed by atoms with Crippen molar-refractivity contribution in [2.24, 2.45) is 0 Å². The van der Waals surface area contributed by atoms with Crippen LogP contribution in [0.3, 0.4) is 0 Å². The van der Waals surface area contributed by atoms with Crippen LogP contribution in [0.4, 0.5) is 0 Å². The van der Waals surface area contributed by atoms with Gasteiger partial charge in [-0.25, -0.2) is 13.1 Å². The van der Waals surface area contributed by atoms with Gasteiger partial charge in [-0.15, -0.1) is 0 Å². The topological polar surface area (TPSA) is 81.7 Å². The van der Waals surface area contributed by atoms with Crippen LogP contribution in [0.25, 0.3) is 10.8 Å². The van der Waals surface area contributed by atoms with Crippen LogP contribution in [0.15, 0.2) is 65.6 Å².